The molecule has 0 fully saturated rings. The lowest BCUT2D eigenvalue weighted by atomic mass is 10.2. The highest BCUT2D eigenvalue weighted by atomic mass is 16.6. The smallest absolute Gasteiger partial charge is 0.338 e. The van der Waals surface area contributed by atoms with Crippen LogP contribution in [0, 0.1) is 0 Å². The summed E-state index contributed by atoms with van der Waals surface area (Å²) in [6.07, 6.45) is 3.50. The van der Waals surface area contributed by atoms with Gasteiger partial charge in [-0.1, -0.05) is 84.9 Å². The predicted molar refractivity (Wildman–Crippen MR) is 189 cm³/mol. The largest absolute Gasteiger partial charge is 0.460 e. The van der Waals surface area contributed by atoms with Gasteiger partial charge in [0, 0.05) is 0 Å². The fraction of sp³-hybridized carbons (Fsp3) is 0.200. The first-order valence-corrected chi connectivity index (χ1v) is 15.5. The van der Waals surface area contributed by atoms with Gasteiger partial charge in [0.2, 0.25) is 0 Å². The molecule has 0 atom stereocenters. The van der Waals surface area contributed by atoms with Crippen LogP contribution in [0.5, 0.6) is 0 Å². The summed E-state index contributed by atoms with van der Waals surface area (Å²) < 4.78 is 25.4. The molecule has 0 N–H and O–H groups in total. The highest BCUT2D eigenvalue weighted by molar-refractivity contribution is 5.90. The average molecular weight is 669 g/mol. The third-order valence-electron chi connectivity index (χ3n) is 5.51. The highest BCUT2D eigenvalue weighted by Crippen LogP contribution is 2.04. The Morgan fingerprint density at radius 3 is 0.796 bits per heavy atom. The van der Waals surface area contributed by atoms with Gasteiger partial charge in [-0.25, -0.2) is 19.2 Å². The molecule has 0 saturated carbocycles. The second kappa shape index (κ2) is 27.3. The van der Waals surface area contributed by atoms with Crippen molar-refractivity contribution in [3.63, 3.8) is 0 Å². The van der Waals surface area contributed by atoms with E-state index in [-0.39, 0.29) is 51.6 Å². The Bertz CT molecular complexity index is 1380. The molecule has 0 heterocycles. The first-order chi connectivity index (χ1) is 23.9. The maximum absolute atomic E-state index is 11.6. The average Bonchev–Trinajstić information content (AvgIpc) is 3.15. The van der Waals surface area contributed by atoms with Crippen molar-refractivity contribution in [1.29, 1.82) is 0 Å². The molecule has 4 aromatic rings. The number of ether oxygens (including phenoxy) is 5. The van der Waals surface area contributed by atoms with Crippen LogP contribution in [0.2, 0.25) is 0 Å². The van der Waals surface area contributed by atoms with E-state index >= 15 is 0 Å². The summed E-state index contributed by atoms with van der Waals surface area (Å²) in [5.74, 6) is -1.63. The van der Waals surface area contributed by atoms with Gasteiger partial charge in [0.15, 0.2) is 0 Å². The fourth-order valence-electron chi connectivity index (χ4n) is 3.39. The van der Waals surface area contributed by atoms with E-state index in [0.717, 1.165) is 0 Å². The molecule has 0 saturated heterocycles. The number of allylic oxidation sites excluding steroid dienone is 2. The topological polar surface area (TPSA) is 114 Å². The van der Waals surface area contributed by atoms with Crippen molar-refractivity contribution in [2.45, 2.75) is 13.8 Å². The van der Waals surface area contributed by atoms with E-state index in [1.807, 2.05) is 38.1 Å². The van der Waals surface area contributed by atoms with Crippen molar-refractivity contribution in [2.24, 2.45) is 0 Å². The Kier molecular flexibility index (Phi) is 23.0. The number of carbonyl (C=O) groups is 4. The molecule has 0 aliphatic carbocycles. The van der Waals surface area contributed by atoms with Crippen molar-refractivity contribution in [2.75, 3.05) is 39.6 Å². The minimum absolute atomic E-state index is 0.0340. The third kappa shape index (κ3) is 19.5. The van der Waals surface area contributed by atoms with Crippen LogP contribution in [0.15, 0.2) is 147 Å². The molecular formula is C40H44O9. The Labute approximate surface area is 288 Å². The van der Waals surface area contributed by atoms with Gasteiger partial charge in [0.05, 0.1) is 35.5 Å². The summed E-state index contributed by atoms with van der Waals surface area (Å²) in [6, 6.07) is 34.8. The van der Waals surface area contributed by atoms with Gasteiger partial charge in [-0.05, 0) is 62.4 Å². The predicted octanol–water partition coefficient (Wildman–Crippen LogP) is 7.80. The van der Waals surface area contributed by atoms with E-state index in [1.54, 1.807) is 109 Å². The number of hydrogen-bond acceptors (Lipinski definition) is 9. The molecule has 4 aromatic carbocycles. The molecule has 0 aliphatic rings. The van der Waals surface area contributed by atoms with Crippen molar-refractivity contribution >= 4 is 23.9 Å². The lowest BCUT2D eigenvalue weighted by molar-refractivity contribution is 0.0150. The van der Waals surface area contributed by atoms with Crippen LogP contribution in [0.1, 0.15) is 55.3 Å². The van der Waals surface area contributed by atoms with E-state index in [0.29, 0.717) is 22.3 Å². The molecule has 0 aromatic heterocycles. The first kappa shape index (κ1) is 41.2. The molecule has 9 nitrogen and oxygen atoms in total. The van der Waals surface area contributed by atoms with Crippen LogP contribution in [0.25, 0.3) is 0 Å². The maximum Gasteiger partial charge on any atom is 0.338 e. The van der Waals surface area contributed by atoms with Crippen LogP contribution in [0.3, 0.4) is 0 Å². The minimum Gasteiger partial charge on any atom is -0.460 e. The molecule has 4 rings (SSSR count). The normalized spacial score (nSPS) is 9.27. The lowest BCUT2D eigenvalue weighted by Gasteiger charge is -2.07. The number of esters is 4. The summed E-state index contributed by atoms with van der Waals surface area (Å²) in [7, 11) is 0. The van der Waals surface area contributed by atoms with Gasteiger partial charge < -0.3 is 23.7 Å². The number of benzene rings is 4. The second-order valence-corrected chi connectivity index (χ2v) is 9.44. The third-order valence-corrected chi connectivity index (χ3v) is 5.51. The summed E-state index contributed by atoms with van der Waals surface area (Å²) in [4.78, 5) is 46.5. The van der Waals surface area contributed by atoms with Gasteiger partial charge in [0.1, 0.15) is 26.4 Å². The van der Waals surface area contributed by atoms with Gasteiger partial charge in [-0.3, -0.25) is 0 Å². The monoisotopic (exact) mass is 668 g/mol. The van der Waals surface area contributed by atoms with Gasteiger partial charge in [-0.2, -0.15) is 0 Å². The zero-order valence-electron chi connectivity index (χ0n) is 28.0. The van der Waals surface area contributed by atoms with Crippen LogP contribution < -0.4 is 0 Å². The molecule has 0 amide bonds. The van der Waals surface area contributed by atoms with Crippen LogP contribution >= 0.6 is 0 Å². The van der Waals surface area contributed by atoms with Gasteiger partial charge >= 0.3 is 23.9 Å². The Morgan fingerprint density at radius 1 is 0.408 bits per heavy atom. The summed E-state index contributed by atoms with van der Waals surface area (Å²) in [5, 5.41) is 0. The Hall–Kier alpha value is -5.80. The molecular weight excluding hydrogens is 624 g/mol. The van der Waals surface area contributed by atoms with Crippen LogP contribution in [-0.2, 0) is 23.7 Å². The van der Waals surface area contributed by atoms with E-state index in [2.05, 4.69) is 13.2 Å². The molecule has 0 spiro atoms. The number of carbonyl (C=O) groups excluding carboxylic acids is 4. The zero-order valence-corrected chi connectivity index (χ0v) is 28.0. The lowest BCUT2D eigenvalue weighted by Crippen LogP contribution is -2.14. The second-order valence-electron chi connectivity index (χ2n) is 9.44. The Balaban J connectivity index is 0.000000425. The van der Waals surface area contributed by atoms with Crippen molar-refractivity contribution < 1.29 is 42.9 Å². The summed E-state index contributed by atoms with van der Waals surface area (Å²) >= 11 is 0. The summed E-state index contributed by atoms with van der Waals surface area (Å²) in [5.41, 5.74) is 1.96. The van der Waals surface area contributed by atoms with E-state index in [4.69, 9.17) is 23.7 Å². The maximum atomic E-state index is 11.6. The van der Waals surface area contributed by atoms with Crippen molar-refractivity contribution in [3.05, 3.63) is 169 Å². The van der Waals surface area contributed by atoms with Gasteiger partial charge in [-0.15, -0.1) is 13.2 Å². The van der Waals surface area contributed by atoms with Crippen molar-refractivity contribution in [3.8, 4) is 0 Å². The van der Waals surface area contributed by atoms with E-state index < -0.39 is 11.9 Å². The van der Waals surface area contributed by atoms with E-state index in [1.165, 1.54) is 0 Å². The van der Waals surface area contributed by atoms with Crippen LogP contribution in [0.4, 0.5) is 0 Å². The van der Waals surface area contributed by atoms with Crippen molar-refractivity contribution in [1.82, 2.24) is 0 Å². The minimum atomic E-state index is -0.429. The first-order valence-electron chi connectivity index (χ1n) is 15.5. The molecule has 0 unspecified atom stereocenters. The zero-order chi connectivity index (χ0) is 36.0. The Morgan fingerprint density at radius 2 is 0.592 bits per heavy atom. The molecule has 0 aliphatic heterocycles. The van der Waals surface area contributed by atoms with Gasteiger partial charge in [0.25, 0.3) is 0 Å². The fourth-order valence-corrected chi connectivity index (χ4v) is 3.39. The number of hydrogen-bond donors (Lipinski definition) is 0. The molecule has 258 valence electrons. The SMILES string of the molecule is C=CC.C=CC.O=C(OCCOC(=O)c1ccccc1)c1ccccc1.O=C(OCCOCCOC(=O)c1ccccc1)c1ccccc1. The van der Waals surface area contributed by atoms with E-state index in [9.17, 15) is 19.2 Å². The number of rotatable bonds is 13. The highest BCUT2D eigenvalue weighted by Gasteiger charge is 2.09. The molecule has 0 bridgehead atoms. The molecule has 9 heteroatoms. The standard InChI is InChI=1S/C18H18O5.C16H14O4.2C3H6/c19-17(15-7-3-1-4-8-15)22-13-11-21-12-14-23-18(20)16-9-5-2-6-10-16;17-15(13-7-3-1-4-8-13)19-11-12-20-16(18)14-9-5-2-6-10-14;2*1-3-2/h1-10H,11-14H2;1-10H,11-12H2;2*3H,1H2,2H3. The quantitative estimate of drug-likeness (QED) is 0.0609. The molecule has 49 heavy (non-hydrogen) atoms. The van der Waals surface area contributed by atoms with Crippen LogP contribution in [-0.4, -0.2) is 63.5 Å². The summed E-state index contributed by atoms with van der Waals surface area (Å²) in [6.45, 7) is 11.4. The molecule has 0 radical (unpaired) electrons.